The summed E-state index contributed by atoms with van der Waals surface area (Å²) in [7, 11) is 0. The number of hydrogen-bond acceptors (Lipinski definition) is 9. The molecule has 1 saturated heterocycles. The second-order valence-electron chi connectivity index (χ2n) is 11.8. The van der Waals surface area contributed by atoms with Gasteiger partial charge in [0.1, 0.15) is 18.0 Å². The van der Waals surface area contributed by atoms with Gasteiger partial charge in [-0.05, 0) is 75.1 Å². The smallest absolute Gasteiger partial charge is 0.408 e. The lowest BCUT2D eigenvalue weighted by molar-refractivity contribution is -0.131. The maximum atomic E-state index is 12.8. The minimum Gasteiger partial charge on any atom is -0.478 e. The Labute approximate surface area is 263 Å². The number of carboxylic acid groups (broad SMARTS) is 1. The summed E-state index contributed by atoms with van der Waals surface area (Å²) >= 11 is 0. The Kier molecular flexibility index (Phi) is 10.7. The molecule has 1 fully saturated rings. The first-order valence-electron chi connectivity index (χ1n) is 15.0. The van der Waals surface area contributed by atoms with Gasteiger partial charge in [-0.25, -0.2) is 24.5 Å². The number of aliphatic carboxylic acids is 1. The molecule has 0 spiro atoms. The number of anilines is 2. The summed E-state index contributed by atoms with van der Waals surface area (Å²) in [5.41, 5.74) is 3.88. The van der Waals surface area contributed by atoms with Gasteiger partial charge in [0.2, 0.25) is 11.9 Å². The predicted octanol–water partition coefficient (Wildman–Crippen LogP) is 4.14. The van der Waals surface area contributed by atoms with Crippen molar-refractivity contribution in [1.82, 2.24) is 25.2 Å². The number of benzene rings is 1. The third-order valence-corrected chi connectivity index (χ3v) is 7.14. The van der Waals surface area contributed by atoms with E-state index in [1.54, 1.807) is 31.9 Å². The highest BCUT2D eigenvalue weighted by atomic mass is 16.6. The monoisotopic (exact) mass is 615 g/mol. The van der Waals surface area contributed by atoms with Gasteiger partial charge in [-0.3, -0.25) is 4.79 Å². The van der Waals surface area contributed by atoms with Gasteiger partial charge in [-0.1, -0.05) is 18.2 Å². The third kappa shape index (κ3) is 9.49. The first kappa shape index (κ1) is 32.9. The number of nitrogens with zero attached hydrogens (tertiary/aromatic N) is 6. The highest BCUT2D eigenvalue weighted by Gasteiger charge is 2.22. The van der Waals surface area contributed by atoms with Crippen molar-refractivity contribution in [2.24, 2.45) is 0 Å². The highest BCUT2D eigenvalue weighted by Crippen LogP contribution is 2.24. The molecule has 3 aromatic rings. The van der Waals surface area contributed by atoms with E-state index in [0.29, 0.717) is 19.0 Å². The van der Waals surface area contributed by atoms with E-state index >= 15 is 0 Å². The normalized spacial score (nSPS) is 13.5. The number of pyridine rings is 1. The molecule has 2 aromatic heterocycles. The van der Waals surface area contributed by atoms with Crippen LogP contribution in [0.1, 0.15) is 44.4 Å². The Morgan fingerprint density at radius 3 is 2.31 bits per heavy atom. The fraction of sp³-hybridized carbons (Fsp3) is 0.394. The van der Waals surface area contributed by atoms with Crippen LogP contribution in [0, 0.1) is 6.92 Å². The molecule has 0 unspecified atom stereocenters. The van der Waals surface area contributed by atoms with Gasteiger partial charge in [0.05, 0.1) is 0 Å². The van der Waals surface area contributed by atoms with E-state index in [4.69, 9.17) is 9.84 Å². The summed E-state index contributed by atoms with van der Waals surface area (Å²) in [4.78, 5) is 55.4. The van der Waals surface area contributed by atoms with Gasteiger partial charge in [-0.15, -0.1) is 0 Å². The van der Waals surface area contributed by atoms with Crippen molar-refractivity contribution in [1.29, 1.82) is 0 Å². The van der Waals surface area contributed by atoms with Crippen LogP contribution in [0.3, 0.4) is 0 Å². The summed E-state index contributed by atoms with van der Waals surface area (Å²) < 4.78 is 5.22. The molecule has 238 valence electrons. The topological polar surface area (TPSA) is 141 Å². The number of carbonyl (C=O) groups excluding carboxylic acids is 2. The summed E-state index contributed by atoms with van der Waals surface area (Å²) in [5.74, 6) is 0.364. The zero-order valence-electron chi connectivity index (χ0n) is 26.5. The number of carboxylic acids is 1. The summed E-state index contributed by atoms with van der Waals surface area (Å²) in [6.07, 6.45) is 7.34. The van der Waals surface area contributed by atoms with Crippen molar-refractivity contribution in [3.05, 3.63) is 71.7 Å². The van der Waals surface area contributed by atoms with Gasteiger partial charge in [0, 0.05) is 69.5 Å². The van der Waals surface area contributed by atoms with Crippen LogP contribution in [0.5, 0.6) is 0 Å². The number of aromatic nitrogens is 3. The van der Waals surface area contributed by atoms with Gasteiger partial charge < -0.3 is 29.9 Å². The first-order valence-corrected chi connectivity index (χ1v) is 15.0. The van der Waals surface area contributed by atoms with E-state index in [-0.39, 0.29) is 12.5 Å². The molecule has 45 heavy (non-hydrogen) atoms. The Morgan fingerprint density at radius 1 is 1.00 bits per heavy atom. The molecule has 0 saturated carbocycles. The van der Waals surface area contributed by atoms with E-state index in [1.807, 2.05) is 56.6 Å². The van der Waals surface area contributed by atoms with E-state index in [1.165, 1.54) is 6.08 Å². The zero-order chi connectivity index (χ0) is 32.6. The molecule has 0 aliphatic carbocycles. The SMILES string of the molecule is CCN(Cc1cccc(-c2cnc(N3CCN(c4ncc(C=CC(=O)O)cc4C)CC3)nc2)c1)C(=O)CNC(=O)OC(C)(C)C. The minimum atomic E-state index is -0.990. The quantitative estimate of drug-likeness (QED) is 0.320. The van der Waals surface area contributed by atoms with E-state index in [2.05, 4.69) is 30.1 Å². The van der Waals surface area contributed by atoms with Crippen molar-refractivity contribution in [3.63, 3.8) is 0 Å². The molecule has 0 bridgehead atoms. The van der Waals surface area contributed by atoms with E-state index in [0.717, 1.165) is 65.9 Å². The van der Waals surface area contributed by atoms with Crippen LogP contribution in [0.25, 0.3) is 17.2 Å². The maximum Gasteiger partial charge on any atom is 0.408 e. The molecular formula is C33H41N7O5. The van der Waals surface area contributed by atoms with Crippen molar-refractivity contribution in [3.8, 4) is 11.1 Å². The highest BCUT2D eigenvalue weighted by molar-refractivity contribution is 5.85. The molecule has 1 aliphatic heterocycles. The Balaban J connectivity index is 1.33. The lowest BCUT2D eigenvalue weighted by Gasteiger charge is -2.36. The Bertz CT molecular complexity index is 1530. The van der Waals surface area contributed by atoms with Crippen LogP contribution >= 0.6 is 0 Å². The Morgan fingerprint density at radius 2 is 1.69 bits per heavy atom. The number of piperazine rings is 1. The second kappa shape index (κ2) is 14.7. The molecule has 0 radical (unpaired) electrons. The molecule has 12 nitrogen and oxygen atoms in total. The molecule has 12 heteroatoms. The van der Waals surface area contributed by atoms with Crippen LogP contribution in [-0.2, 0) is 20.9 Å². The number of aryl methyl sites for hydroxylation is 1. The molecule has 2 amide bonds. The van der Waals surface area contributed by atoms with Crippen molar-refractivity contribution in [2.75, 3.05) is 49.1 Å². The molecule has 1 aliphatic rings. The summed E-state index contributed by atoms with van der Waals surface area (Å²) in [5, 5.41) is 11.4. The number of rotatable bonds is 10. The molecule has 2 N–H and O–H groups in total. The predicted molar refractivity (Wildman–Crippen MR) is 173 cm³/mol. The minimum absolute atomic E-state index is 0.138. The number of alkyl carbamates (subject to hydrolysis) is 1. The van der Waals surface area contributed by atoms with Gasteiger partial charge >= 0.3 is 12.1 Å². The van der Waals surface area contributed by atoms with Crippen molar-refractivity contribution < 1.29 is 24.2 Å². The fourth-order valence-corrected chi connectivity index (χ4v) is 4.95. The molecular weight excluding hydrogens is 574 g/mol. The van der Waals surface area contributed by atoms with Crippen LogP contribution in [0.2, 0.25) is 0 Å². The first-order chi connectivity index (χ1) is 21.4. The number of hydrogen-bond donors (Lipinski definition) is 2. The maximum absolute atomic E-state index is 12.8. The van der Waals surface area contributed by atoms with Gasteiger partial charge in [0.25, 0.3) is 0 Å². The molecule has 4 rings (SSSR count). The lowest BCUT2D eigenvalue weighted by Crippen LogP contribution is -2.47. The van der Waals surface area contributed by atoms with Gasteiger partial charge in [0.15, 0.2) is 0 Å². The van der Waals surface area contributed by atoms with Gasteiger partial charge in [-0.2, -0.15) is 0 Å². The zero-order valence-corrected chi connectivity index (χ0v) is 26.5. The number of nitrogens with one attached hydrogen (secondary N) is 1. The molecule has 1 aromatic carbocycles. The average Bonchev–Trinajstić information content (AvgIpc) is 3.01. The van der Waals surface area contributed by atoms with E-state index < -0.39 is 17.7 Å². The number of ether oxygens (including phenoxy) is 1. The molecule has 0 atom stereocenters. The largest absolute Gasteiger partial charge is 0.478 e. The Hall–Kier alpha value is -5.00. The van der Waals surface area contributed by atoms with Crippen LogP contribution < -0.4 is 15.1 Å². The van der Waals surface area contributed by atoms with E-state index in [9.17, 15) is 14.4 Å². The van der Waals surface area contributed by atoms with Crippen LogP contribution in [-0.4, -0.2) is 87.8 Å². The fourth-order valence-electron chi connectivity index (χ4n) is 4.95. The average molecular weight is 616 g/mol. The molecule has 3 heterocycles. The van der Waals surface area contributed by atoms with Crippen molar-refractivity contribution in [2.45, 2.75) is 46.8 Å². The number of likely N-dealkylation sites (N-methyl/N-ethyl adjacent to an activating group) is 1. The third-order valence-electron chi connectivity index (χ3n) is 7.14. The standard InChI is InChI=1S/C33H41N7O5/c1-6-38(28(41)21-37-32(44)45-33(3,4)5)22-25-8-7-9-26(17-25)27-19-35-31(36-20-27)40-14-12-39(13-15-40)30-23(2)16-24(18-34-30)10-11-29(42)43/h7-11,16-20H,6,12-15,21-22H2,1-5H3,(H,37,44)(H,42,43). The number of amides is 2. The summed E-state index contributed by atoms with van der Waals surface area (Å²) in [6.45, 7) is 12.9. The van der Waals surface area contributed by atoms with Crippen molar-refractivity contribution >= 4 is 35.8 Å². The summed E-state index contributed by atoms with van der Waals surface area (Å²) in [6, 6.07) is 9.85. The number of carbonyl (C=O) groups is 3. The second-order valence-corrected chi connectivity index (χ2v) is 11.8. The van der Waals surface area contributed by atoms with Crippen LogP contribution in [0.15, 0.2) is 55.0 Å². The van der Waals surface area contributed by atoms with Crippen LogP contribution in [0.4, 0.5) is 16.6 Å². The lowest BCUT2D eigenvalue weighted by atomic mass is 10.1.